The number of halogens is 1. The highest BCUT2D eigenvalue weighted by molar-refractivity contribution is 8.15. The van der Waals surface area contributed by atoms with Gasteiger partial charge >= 0.3 is 0 Å². The maximum Gasteiger partial charge on any atom is 0.281 e. The van der Waals surface area contributed by atoms with E-state index in [1.807, 2.05) is 0 Å². The molecule has 12 heavy (non-hydrogen) atoms. The summed E-state index contributed by atoms with van der Waals surface area (Å²) in [7, 11) is 1.11. The van der Waals surface area contributed by atoms with Gasteiger partial charge in [0.05, 0.1) is 10.3 Å². The molecule has 1 rings (SSSR count). The summed E-state index contributed by atoms with van der Waals surface area (Å²) in [5, 5.41) is 11.2. The molecule has 0 unspecified atom stereocenters. The van der Waals surface area contributed by atoms with Crippen molar-refractivity contribution in [2.45, 2.75) is 4.21 Å². The van der Waals surface area contributed by atoms with Gasteiger partial charge in [-0.05, 0) is 0 Å². The van der Waals surface area contributed by atoms with Crippen molar-refractivity contribution in [2.75, 3.05) is 0 Å². The van der Waals surface area contributed by atoms with Gasteiger partial charge in [0.15, 0.2) is 0 Å². The van der Waals surface area contributed by atoms with E-state index in [-0.39, 0.29) is 9.90 Å². The standard InChI is InChI=1S/C4H2ClNO4S2/c5-12(9,10)4-1-3(2-11-4)6(7)8/h1-2H. The quantitative estimate of drug-likeness (QED) is 0.437. The molecular weight excluding hydrogens is 226 g/mol. The molecule has 0 saturated carbocycles. The van der Waals surface area contributed by atoms with E-state index < -0.39 is 14.0 Å². The second-order valence-corrected chi connectivity index (χ2v) is 5.52. The minimum absolute atomic E-state index is 0.212. The van der Waals surface area contributed by atoms with Crippen LogP contribution in [0.2, 0.25) is 0 Å². The lowest BCUT2D eigenvalue weighted by molar-refractivity contribution is -0.384. The first-order chi connectivity index (χ1) is 5.41. The van der Waals surface area contributed by atoms with Crippen LogP contribution in [0, 0.1) is 10.1 Å². The van der Waals surface area contributed by atoms with Crippen LogP contribution in [0.4, 0.5) is 5.69 Å². The highest BCUT2D eigenvalue weighted by Gasteiger charge is 2.17. The molecule has 8 heteroatoms. The summed E-state index contributed by atoms with van der Waals surface area (Å²) in [6.45, 7) is 0. The number of nitro groups is 1. The van der Waals surface area contributed by atoms with Crippen LogP contribution in [0.3, 0.4) is 0 Å². The van der Waals surface area contributed by atoms with Gasteiger partial charge in [-0.3, -0.25) is 10.1 Å². The number of rotatable bonds is 2. The Labute approximate surface area is 76.2 Å². The van der Waals surface area contributed by atoms with Crippen LogP contribution in [-0.4, -0.2) is 13.3 Å². The molecule has 1 aromatic heterocycles. The van der Waals surface area contributed by atoms with E-state index in [1.54, 1.807) is 0 Å². The minimum atomic E-state index is -3.83. The predicted octanol–water partition coefficient (Wildman–Crippen LogP) is 1.58. The molecule has 1 heterocycles. The van der Waals surface area contributed by atoms with Crippen molar-refractivity contribution in [2.24, 2.45) is 0 Å². The lowest BCUT2D eigenvalue weighted by atomic mass is 10.6. The van der Waals surface area contributed by atoms with E-state index in [2.05, 4.69) is 0 Å². The Kier molecular flexibility index (Phi) is 2.36. The lowest BCUT2D eigenvalue weighted by Crippen LogP contribution is -1.86. The Balaban J connectivity index is 3.17. The molecule has 0 fully saturated rings. The van der Waals surface area contributed by atoms with Gasteiger partial charge in [0.1, 0.15) is 4.21 Å². The Morgan fingerprint density at radius 1 is 1.58 bits per heavy atom. The third-order valence-corrected chi connectivity index (χ3v) is 4.04. The van der Waals surface area contributed by atoms with Gasteiger partial charge in [-0.2, -0.15) is 0 Å². The van der Waals surface area contributed by atoms with Gasteiger partial charge in [-0.1, -0.05) is 0 Å². The first-order valence-corrected chi connectivity index (χ1v) is 5.78. The minimum Gasteiger partial charge on any atom is -0.258 e. The smallest absolute Gasteiger partial charge is 0.258 e. The van der Waals surface area contributed by atoms with Crippen LogP contribution in [-0.2, 0) is 9.05 Å². The third kappa shape index (κ3) is 1.93. The Morgan fingerprint density at radius 2 is 2.17 bits per heavy atom. The van der Waals surface area contributed by atoms with Crippen LogP contribution < -0.4 is 0 Å². The number of hydrogen-bond donors (Lipinski definition) is 0. The van der Waals surface area contributed by atoms with Gasteiger partial charge < -0.3 is 0 Å². The summed E-state index contributed by atoms with van der Waals surface area (Å²) in [5.41, 5.74) is -0.265. The zero-order valence-corrected chi connectivity index (χ0v) is 7.82. The van der Waals surface area contributed by atoms with E-state index in [1.165, 1.54) is 0 Å². The summed E-state index contributed by atoms with van der Waals surface area (Å²) in [6.07, 6.45) is 0. The van der Waals surface area contributed by atoms with Gasteiger partial charge in [0.2, 0.25) is 0 Å². The van der Waals surface area contributed by atoms with Crippen molar-refractivity contribution in [3.63, 3.8) is 0 Å². The molecule has 0 radical (unpaired) electrons. The number of thiophene rings is 1. The molecule has 0 spiro atoms. The molecule has 0 aromatic carbocycles. The van der Waals surface area contributed by atoms with Gasteiger partial charge in [0, 0.05) is 16.7 Å². The van der Waals surface area contributed by atoms with Crippen LogP contribution in [0.5, 0.6) is 0 Å². The average molecular weight is 228 g/mol. The van der Waals surface area contributed by atoms with Crippen LogP contribution in [0.1, 0.15) is 0 Å². The fraction of sp³-hybridized carbons (Fsp3) is 0. The highest BCUT2D eigenvalue weighted by atomic mass is 35.7. The summed E-state index contributed by atoms with van der Waals surface area (Å²) in [4.78, 5) is 9.44. The maximum atomic E-state index is 10.6. The summed E-state index contributed by atoms with van der Waals surface area (Å²) in [5.74, 6) is 0. The van der Waals surface area contributed by atoms with Crippen LogP contribution in [0.15, 0.2) is 15.7 Å². The molecule has 1 aromatic rings. The number of nitrogens with zero attached hydrogens (tertiary/aromatic N) is 1. The van der Waals surface area contributed by atoms with E-state index >= 15 is 0 Å². The summed E-state index contributed by atoms with van der Waals surface area (Å²) in [6, 6.07) is 0.924. The van der Waals surface area contributed by atoms with Crippen molar-refractivity contribution in [3.8, 4) is 0 Å². The molecule has 5 nitrogen and oxygen atoms in total. The van der Waals surface area contributed by atoms with Gasteiger partial charge in [-0.15, -0.1) is 11.3 Å². The second kappa shape index (κ2) is 3.00. The van der Waals surface area contributed by atoms with E-state index in [4.69, 9.17) is 10.7 Å². The second-order valence-electron chi connectivity index (χ2n) is 1.82. The van der Waals surface area contributed by atoms with Crippen molar-refractivity contribution < 1.29 is 13.3 Å². The van der Waals surface area contributed by atoms with Gasteiger partial charge in [-0.25, -0.2) is 8.42 Å². The molecule has 0 N–H and O–H groups in total. The first-order valence-electron chi connectivity index (χ1n) is 2.59. The molecular formula is C4H2ClNO4S2. The van der Waals surface area contributed by atoms with Crippen molar-refractivity contribution in [3.05, 3.63) is 21.6 Å². The van der Waals surface area contributed by atoms with E-state index in [0.29, 0.717) is 0 Å². The molecule has 0 aliphatic rings. The maximum absolute atomic E-state index is 10.6. The predicted molar refractivity (Wildman–Crippen MR) is 44.0 cm³/mol. The van der Waals surface area contributed by atoms with E-state index in [0.717, 1.165) is 22.8 Å². The Hall–Kier alpha value is -0.660. The van der Waals surface area contributed by atoms with Crippen LogP contribution >= 0.6 is 22.0 Å². The molecule has 66 valence electrons. The topological polar surface area (TPSA) is 77.3 Å². The van der Waals surface area contributed by atoms with E-state index in [9.17, 15) is 18.5 Å². The Morgan fingerprint density at radius 3 is 2.42 bits per heavy atom. The highest BCUT2D eigenvalue weighted by Crippen LogP contribution is 2.27. The molecule has 0 aliphatic heterocycles. The average Bonchev–Trinajstić information content (AvgIpc) is 2.30. The lowest BCUT2D eigenvalue weighted by Gasteiger charge is -1.83. The first kappa shape index (κ1) is 9.43. The molecule has 0 saturated heterocycles. The number of hydrogen-bond acceptors (Lipinski definition) is 5. The molecule has 0 aliphatic carbocycles. The van der Waals surface area contributed by atoms with Gasteiger partial charge in [0.25, 0.3) is 14.7 Å². The molecule has 0 amide bonds. The molecule has 0 atom stereocenters. The summed E-state index contributed by atoms with van der Waals surface area (Å²) < 4.78 is 21.0. The normalized spacial score (nSPS) is 11.4. The van der Waals surface area contributed by atoms with Crippen LogP contribution in [0.25, 0.3) is 0 Å². The summed E-state index contributed by atoms with van der Waals surface area (Å²) >= 11 is 0.723. The largest absolute Gasteiger partial charge is 0.281 e. The fourth-order valence-electron chi connectivity index (χ4n) is 0.531. The van der Waals surface area contributed by atoms with Crippen molar-refractivity contribution in [1.29, 1.82) is 0 Å². The molecule has 0 bridgehead atoms. The SMILES string of the molecule is O=[N+]([O-])c1csc(S(=O)(=O)Cl)c1. The van der Waals surface area contributed by atoms with Crippen molar-refractivity contribution >= 4 is 36.8 Å². The zero-order valence-electron chi connectivity index (χ0n) is 5.43. The zero-order chi connectivity index (χ0) is 9.35. The Bertz CT molecular complexity index is 408. The fourth-order valence-corrected chi connectivity index (χ4v) is 2.44. The van der Waals surface area contributed by atoms with Crippen molar-refractivity contribution in [1.82, 2.24) is 0 Å². The third-order valence-electron chi connectivity index (χ3n) is 1.01. The monoisotopic (exact) mass is 227 g/mol.